The molecule has 108 valence electrons. The number of aliphatic carboxylic acids is 2. The number of rotatable bonds is 6. The predicted octanol–water partition coefficient (Wildman–Crippen LogP) is 0.0933. The van der Waals surface area contributed by atoms with Crippen molar-refractivity contribution in [2.45, 2.75) is 0 Å². The summed E-state index contributed by atoms with van der Waals surface area (Å²) in [5, 5.41) is 19.6. The molecule has 2 amide bonds. The van der Waals surface area contributed by atoms with Crippen LogP contribution in [0.15, 0.2) is 18.3 Å². The normalized spacial score (nSPS) is 9.65. The van der Waals surface area contributed by atoms with E-state index in [0.29, 0.717) is 10.8 Å². The lowest BCUT2D eigenvalue weighted by molar-refractivity contribution is -0.140. The second-order valence-corrected chi connectivity index (χ2v) is 3.66. The number of carboxylic acid groups (broad SMARTS) is 2. The average molecular weight is 283 g/mol. The molecule has 0 saturated carbocycles. The number of ether oxygens (including phenoxy) is 1. The monoisotopic (exact) mass is 283 g/mol. The standard InChI is InChI=1S/C11H13N3O6/c1-20-8-3-2-7(4-12-8)13-11(19)14(5-9(15)16)6-10(17)18/h2-4H,5-6H2,1H3,(H,13,19)(H,15,16)(H,17,18). The molecule has 9 nitrogen and oxygen atoms in total. The van der Waals surface area contributed by atoms with E-state index in [4.69, 9.17) is 14.9 Å². The summed E-state index contributed by atoms with van der Waals surface area (Å²) in [5.41, 5.74) is 0.288. The largest absolute Gasteiger partial charge is 0.481 e. The highest BCUT2D eigenvalue weighted by Crippen LogP contribution is 2.11. The number of carbonyl (C=O) groups is 3. The van der Waals surface area contributed by atoms with E-state index in [1.165, 1.54) is 25.4 Å². The molecule has 0 saturated heterocycles. The van der Waals surface area contributed by atoms with Gasteiger partial charge in [0.25, 0.3) is 0 Å². The molecular weight excluding hydrogens is 270 g/mol. The zero-order chi connectivity index (χ0) is 15.1. The lowest BCUT2D eigenvalue weighted by atomic mass is 10.4. The topological polar surface area (TPSA) is 129 Å². The number of amides is 2. The third-order valence-corrected chi connectivity index (χ3v) is 2.14. The number of hydrogen-bond donors (Lipinski definition) is 3. The minimum Gasteiger partial charge on any atom is -0.481 e. The maximum atomic E-state index is 11.8. The Hall–Kier alpha value is -2.84. The van der Waals surface area contributed by atoms with Crippen molar-refractivity contribution in [1.29, 1.82) is 0 Å². The van der Waals surface area contributed by atoms with E-state index in [0.717, 1.165) is 0 Å². The first-order chi connectivity index (χ1) is 9.42. The van der Waals surface area contributed by atoms with E-state index >= 15 is 0 Å². The van der Waals surface area contributed by atoms with Gasteiger partial charge in [0, 0.05) is 6.07 Å². The number of carboxylic acids is 2. The van der Waals surface area contributed by atoms with Crippen LogP contribution in [0.25, 0.3) is 0 Å². The van der Waals surface area contributed by atoms with Gasteiger partial charge in [-0.2, -0.15) is 0 Å². The van der Waals surface area contributed by atoms with E-state index in [1.54, 1.807) is 0 Å². The molecule has 0 aliphatic rings. The van der Waals surface area contributed by atoms with Crippen molar-refractivity contribution in [3.8, 4) is 5.88 Å². The van der Waals surface area contributed by atoms with Crippen LogP contribution in [0.4, 0.5) is 10.5 Å². The fraction of sp³-hybridized carbons (Fsp3) is 0.273. The van der Waals surface area contributed by atoms with Gasteiger partial charge in [-0.25, -0.2) is 9.78 Å². The minimum absolute atomic E-state index is 0.288. The molecule has 0 unspecified atom stereocenters. The van der Waals surface area contributed by atoms with Crippen LogP contribution in [0, 0.1) is 0 Å². The van der Waals surface area contributed by atoms with E-state index in [-0.39, 0.29) is 5.69 Å². The number of nitrogens with one attached hydrogen (secondary N) is 1. The number of carbonyl (C=O) groups excluding carboxylic acids is 1. The SMILES string of the molecule is COc1ccc(NC(=O)N(CC(=O)O)CC(=O)O)cn1. The van der Waals surface area contributed by atoms with Crippen molar-refractivity contribution in [3.05, 3.63) is 18.3 Å². The zero-order valence-electron chi connectivity index (χ0n) is 10.6. The van der Waals surface area contributed by atoms with Gasteiger partial charge in [-0.3, -0.25) is 9.59 Å². The van der Waals surface area contributed by atoms with Crippen LogP contribution in [0.5, 0.6) is 5.88 Å². The molecule has 20 heavy (non-hydrogen) atoms. The summed E-state index contributed by atoms with van der Waals surface area (Å²) in [6.45, 7) is -1.44. The van der Waals surface area contributed by atoms with Crippen molar-refractivity contribution in [3.63, 3.8) is 0 Å². The summed E-state index contributed by atoms with van der Waals surface area (Å²) in [6, 6.07) is 2.14. The molecule has 1 aromatic heterocycles. The Labute approximate surface area is 113 Å². The van der Waals surface area contributed by atoms with Crippen LogP contribution in [0.2, 0.25) is 0 Å². The van der Waals surface area contributed by atoms with Crippen LogP contribution in [0.1, 0.15) is 0 Å². The smallest absolute Gasteiger partial charge is 0.323 e. The van der Waals surface area contributed by atoms with E-state index < -0.39 is 31.1 Å². The Morgan fingerprint density at radius 3 is 2.25 bits per heavy atom. The van der Waals surface area contributed by atoms with Gasteiger partial charge in [-0.05, 0) is 6.07 Å². The lowest BCUT2D eigenvalue weighted by Crippen LogP contribution is -2.41. The summed E-state index contributed by atoms with van der Waals surface area (Å²) in [6.07, 6.45) is 1.30. The highest BCUT2D eigenvalue weighted by molar-refractivity contribution is 5.93. The van der Waals surface area contributed by atoms with E-state index in [1.807, 2.05) is 0 Å². The van der Waals surface area contributed by atoms with Gasteiger partial charge < -0.3 is 25.2 Å². The number of pyridine rings is 1. The molecule has 9 heteroatoms. The molecule has 1 aromatic rings. The molecule has 0 bridgehead atoms. The third-order valence-electron chi connectivity index (χ3n) is 2.14. The van der Waals surface area contributed by atoms with Gasteiger partial charge in [0.15, 0.2) is 0 Å². The minimum atomic E-state index is -1.31. The van der Waals surface area contributed by atoms with Gasteiger partial charge in [0.2, 0.25) is 5.88 Å². The molecule has 0 aliphatic carbocycles. The van der Waals surface area contributed by atoms with Crippen LogP contribution in [-0.4, -0.2) is 58.3 Å². The van der Waals surface area contributed by atoms with Gasteiger partial charge in [-0.1, -0.05) is 0 Å². The molecule has 0 spiro atoms. The van der Waals surface area contributed by atoms with Crippen LogP contribution in [-0.2, 0) is 9.59 Å². The van der Waals surface area contributed by atoms with Crippen molar-refractivity contribution in [2.24, 2.45) is 0 Å². The molecule has 3 N–H and O–H groups in total. The summed E-state index contributed by atoms with van der Waals surface area (Å²) >= 11 is 0. The van der Waals surface area contributed by atoms with Crippen LogP contribution >= 0.6 is 0 Å². The summed E-state index contributed by atoms with van der Waals surface area (Å²) in [5.74, 6) is -2.28. The second-order valence-electron chi connectivity index (χ2n) is 3.66. The Bertz CT molecular complexity index is 485. The zero-order valence-corrected chi connectivity index (χ0v) is 10.6. The van der Waals surface area contributed by atoms with Gasteiger partial charge in [-0.15, -0.1) is 0 Å². The fourth-order valence-electron chi connectivity index (χ4n) is 1.30. The Balaban J connectivity index is 2.73. The van der Waals surface area contributed by atoms with Crippen molar-refractivity contribution in [2.75, 3.05) is 25.5 Å². The second kappa shape index (κ2) is 6.92. The van der Waals surface area contributed by atoms with Gasteiger partial charge >= 0.3 is 18.0 Å². The first-order valence-electron chi connectivity index (χ1n) is 5.42. The highest BCUT2D eigenvalue weighted by Gasteiger charge is 2.19. The molecule has 0 aromatic carbocycles. The number of methoxy groups -OCH3 is 1. The van der Waals surface area contributed by atoms with Crippen molar-refractivity contribution >= 4 is 23.7 Å². The molecule has 0 aliphatic heterocycles. The number of nitrogens with zero attached hydrogens (tertiary/aromatic N) is 2. The molecule has 0 atom stereocenters. The first-order valence-corrected chi connectivity index (χ1v) is 5.42. The Morgan fingerprint density at radius 2 is 1.85 bits per heavy atom. The van der Waals surface area contributed by atoms with E-state index in [9.17, 15) is 14.4 Å². The number of aromatic nitrogens is 1. The Morgan fingerprint density at radius 1 is 1.25 bits per heavy atom. The molecule has 0 radical (unpaired) electrons. The number of urea groups is 1. The maximum absolute atomic E-state index is 11.8. The van der Waals surface area contributed by atoms with Crippen molar-refractivity contribution in [1.82, 2.24) is 9.88 Å². The van der Waals surface area contributed by atoms with Crippen LogP contribution < -0.4 is 10.1 Å². The fourth-order valence-corrected chi connectivity index (χ4v) is 1.30. The third kappa shape index (κ3) is 4.80. The molecule has 1 heterocycles. The van der Waals surface area contributed by atoms with E-state index in [2.05, 4.69) is 10.3 Å². The number of anilines is 1. The highest BCUT2D eigenvalue weighted by atomic mass is 16.5. The molecule has 1 rings (SSSR count). The van der Waals surface area contributed by atoms with Gasteiger partial charge in [0.05, 0.1) is 19.0 Å². The number of hydrogen-bond acceptors (Lipinski definition) is 5. The molecule has 0 fully saturated rings. The predicted molar refractivity (Wildman–Crippen MR) is 66.7 cm³/mol. The summed E-state index contributed by atoms with van der Waals surface area (Å²) < 4.78 is 4.84. The summed E-state index contributed by atoms with van der Waals surface area (Å²) in [7, 11) is 1.43. The van der Waals surface area contributed by atoms with Crippen LogP contribution in [0.3, 0.4) is 0 Å². The first kappa shape index (κ1) is 15.2. The lowest BCUT2D eigenvalue weighted by Gasteiger charge is -2.18. The average Bonchev–Trinajstić information content (AvgIpc) is 2.37. The molecular formula is C11H13N3O6. The quantitative estimate of drug-likeness (QED) is 0.674. The Kier molecular flexibility index (Phi) is 5.27. The summed E-state index contributed by atoms with van der Waals surface area (Å²) in [4.78, 5) is 37.4. The maximum Gasteiger partial charge on any atom is 0.323 e. The van der Waals surface area contributed by atoms with Gasteiger partial charge in [0.1, 0.15) is 13.1 Å². The van der Waals surface area contributed by atoms with Crippen molar-refractivity contribution < 1.29 is 29.3 Å².